The van der Waals surface area contributed by atoms with E-state index in [1.807, 2.05) is 25.1 Å². The van der Waals surface area contributed by atoms with E-state index in [9.17, 15) is 18.0 Å². The summed E-state index contributed by atoms with van der Waals surface area (Å²) in [6.45, 7) is 2.44. The number of carbonyl (C=O) groups is 1. The Bertz CT molecular complexity index is 996. The van der Waals surface area contributed by atoms with Gasteiger partial charge < -0.3 is 9.73 Å². The maximum absolute atomic E-state index is 12.2. The van der Waals surface area contributed by atoms with Crippen molar-refractivity contribution in [3.8, 4) is 0 Å². The van der Waals surface area contributed by atoms with Crippen LogP contribution in [-0.4, -0.2) is 50.4 Å². The Balaban J connectivity index is 1.66. The molecule has 1 aliphatic heterocycles. The molecule has 1 atom stereocenters. The third kappa shape index (κ3) is 4.50. The second kappa shape index (κ2) is 7.20. The first kappa shape index (κ1) is 18.6. The molecule has 1 saturated heterocycles. The molecule has 1 aromatic heterocycles. The summed E-state index contributed by atoms with van der Waals surface area (Å²) in [6, 6.07) is 6.79. The molecule has 0 aliphatic carbocycles. The number of nitrogens with zero attached hydrogens (tertiary/aromatic N) is 1. The summed E-state index contributed by atoms with van der Waals surface area (Å²) in [6.07, 6.45) is 0.460. The Morgan fingerprint density at radius 2 is 2.12 bits per heavy atom. The maximum atomic E-state index is 12.2. The van der Waals surface area contributed by atoms with Crippen LogP contribution in [-0.2, 0) is 21.2 Å². The molecule has 2 aromatic rings. The minimum Gasteiger partial charge on any atom is -0.423 e. The molecule has 140 valence electrons. The summed E-state index contributed by atoms with van der Waals surface area (Å²) < 4.78 is 28.2. The van der Waals surface area contributed by atoms with E-state index in [0.29, 0.717) is 18.5 Å². The first-order valence-electron chi connectivity index (χ1n) is 8.43. The lowest BCUT2D eigenvalue weighted by atomic mass is 10.1. The lowest BCUT2D eigenvalue weighted by molar-refractivity contribution is -0.122. The Morgan fingerprint density at radius 1 is 1.35 bits per heavy atom. The topological polar surface area (TPSA) is 96.7 Å². The largest absolute Gasteiger partial charge is 0.423 e. The number of likely N-dealkylation sites (N-methyl/N-ethyl adjacent to an activating group) is 1. The van der Waals surface area contributed by atoms with Gasteiger partial charge in [-0.1, -0.05) is 12.1 Å². The molecule has 1 N–H and O–H groups in total. The number of hydrogen-bond donors (Lipinski definition) is 1. The average Bonchev–Trinajstić information content (AvgIpc) is 2.84. The minimum absolute atomic E-state index is 0.00613. The molecule has 1 amide bonds. The third-order valence-electron chi connectivity index (χ3n) is 4.44. The highest BCUT2D eigenvalue weighted by atomic mass is 32.2. The van der Waals surface area contributed by atoms with Crippen molar-refractivity contribution in [2.75, 3.05) is 25.1 Å². The first-order chi connectivity index (χ1) is 12.2. The number of carbonyl (C=O) groups excluding carboxylic acids is 1. The van der Waals surface area contributed by atoms with Crippen LogP contribution in [0.15, 0.2) is 33.5 Å². The summed E-state index contributed by atoms with van der Waals surface area (Å²) in [7, 11) is -1.25. The number of fused-ring (bicyclic) bond motifs is 1. The molecule has 7 nitrogen and oxygen atoms in total. The van der Waals surface area contributed by atoms with Gasteiger partial charge in [-0.2, -0.15) is 0 Å². The summed E-state index contributed by atoms with van der Waals surface area (Å²) >= 11 is 0. The van der Waals surface area contributed by atoms with Crippen LogP contribution in [0.5, 0.6) is 0 Å². The molecule has 1 unspecified atom stereocenters. The van der Waals surface area contributed by atoms with Crippen LogP contribution in [0, 0.1) is 6.92 Å². The van der Waals surface area contributed by atoms with E-state index in [4.69, 9.17) is 4.42 Å². The van der Waals surface area contributed by atoms with Crippen LogP contribution in [0.25, 0.3) is 11.0 Å². The molecular formula is C18H22N2O5S. The van der Waals surface area contributed by atoms with Gasteiger partial charge in [0.05, 0.1) is 18.1 Å². The number of nitrogens with one attached hydrogen (secondary N) is 1. The number of amides is 1. The predicted octanol–water partition coefficient (Wildman–Crippen LogP) is 0.837. The normalized spacial score (nSPS) is 19.1. The molecule has 0 saturated carbocycles. The van der Waals surface area contributed by atoms with E-state index in [1.54, 1.807) is 11.9 Å². The van der Waals surface area contributed by atoms with Crippen LogP contribution >= 0.6 is 0 Å². The zero-order valence-corrected chi connectivity index (χ0v) is 15.6. The molecule has 0 bridgehead atoms. The predicted molar refractivity (Wildman–Crippen MR) is 98.8 cm³/mol. The van der Waals surface area contributed by atoms with Crippen LogP contribution in [0.1, 0.15) is 17.5 Å². The zero-order valence-electron chi connectivity index (χ0n) is 14.8. The van der Waals surface area contributed by atoms with E-state index < -0.39 is 15.5 Å². The van der Waals surface area contributed by atoms with Crippen LogP contribution in [0.3, 0.4) is 0 Å². The van der Waals surface area contributed by atoms with Gasteiger partial charge in [0.25, 0.3) is 0 Å². The maximum Gasteiger partial charge on any atom is 0.336 e. The molecule has 26 heavy (non-hydrogen) atoms. The molecule has 3 rings (SSSR count). The second-order valence-corrected chi connectivity index (χ2v) is 9.16. The third-order valence-corrected chi connectivity index (χ3v) is 6.20. The molecule has 1 aromatic carbocycles. The quantitative estimate of drug-likeness (QED) is 0.775. The standard InChI is InChI=1S/C18H22N2O5S/c1-12-3-4-15-13(8-18(22)25-16(15)7-12)9-20(2)10-17(21)19-14-5-6-26(23,24)11-14/h3-4,7-8,14H,5-6,9-11H2,1-2H3,(H,19,21). The van der Waals surface area contributed by atoms with Gasteiger partial charge in [-0.3, -0.25) is 9.69 Å². The Hall–Kier alpha value is -2.19. The van der Waals surface area contributed by atoms with Gasteiger partial charge in [-0.15, -0.1) is 0 Å². The van der Waals surface area contributed by atoms with Crippen molar-refractivity contribution in [2.45, 2.75) is 25.9 Å². The highest BCUT2D eigenvalue weighted by molar-refractivity contribution is 7.91. The van der Waals surface area contributed by atoms with Gasteiger partial charge in [-0.05, 0) is 37.6 Å². The zero-order chi connectivity index (χ0) is 18.9. The lowest BCUT2D eigenvalue weighted by Gasteiger charge is -2.18. The number of hydrogen-bond acceptors (Lipinski definition) is 6. The highest BCUT2D eigenvalue weighted by Gasteiger charge is 2.29. The average molecular weight is 378 g/mol. The number of rotatable bonds is 5. The van der Waals surface area contributed by atoms with Crippen molar-refractivity contribution in [1.29, 1.82) is 0 Å². The highest BCUT2D eigenvalue weighted by Crippen LogP contribution is 2.19. The molecule has 2 heterocycles. The molecule has 1 aliphatic rings. The SMILES string of the molecule is Cc1ccc2c(CN(C)CC(=O)NC3CCS(=O)(=O)C3)cc(=O)oc2c1. The van der Waals surface area contributed by atoms with E-state index in [1.165, 1.54) is 6.07 Å². The van der Waals surface area contributed by atoms with Crippen molar-refractivity contribution in [3.05, 3.63) is 45.8 Å². The number of aryl methyl sites for hydroxylation is 1. The van der Waals surface area contributed by atoms with E-state index >= 15 is 0 Å². The Morgan fingerprint density at radius 3 is 2.81 bits per heavy atom. The summed E-state index contributed by atoms with van der Waals surface area (Å²) in [5.41, 5.74) is 1.89. The molecule has 0 radical (unpaired) electrons. The minimum atomic E-state index is -3.02. The first-order valence-corrected chi connectivity index (χ1v) is 10.3. The smallest absolute Gasteiger partial charge is 0.336 e. The molecule has 0 spiro atoms. The van der Waals surface area contributed by atoms with Crippen LogP contribution in [0.2, 0.25) is 0 Å². The van der Waals surface area contributed by atoms with E-state index in [-0.39, 0.29) is 30.0 Å². The fourth-order valence-corrected chi connectivity index (χ4v) is 4.92. The fourth-order valence-electron chi connectivity index (χ4n) is 3.24. The van der Waals surface area contributed by atoms with Gasteiger partial charge >= 0.3 is 5.63 Å². The number of sulfone groups is 1. The van der Waals surface area contributed by atoms with E-state index in [2.05, 4.69) is 5.32 Å². The van der Waals surface area contributed by atoms with Crippen molar-refractivity contribution in [1.82, 2.24) is 10.2 Å². The second-order valence-electron chi connectivity index (χ2n) is 6.93. The fraction of sp³-hybridized carbons (Fsp3) is 0.444. The Labute approximate surface area is 151 Å². The lowest BCUT2D eigenvalue weighted by Crippen LogP contribution is -2.41. The monoisotopic (exact) mass is 378 g/mol. The Kier molecular flexibility index (Phi) is 5.15. The van der Waals surface area contributed by atoms with Gasteiger partial charge in [0, 0.05) is 24.0 Å². The molecular weight excluding hydrogens is 356 g/mol. The van der Waals surface area contributed by atoms with Crippen molar-refractivity contribution >= 4 is 26.7 Å². The number of benzene rings is 1. The van der Waals surface area contributed by atoms with Crippen LogP contribution in [0.4, 0.5) is 0 Å². The van der Waals surface area contributed by atoms with Gasteiger partial charge in [0.15, 0.2) is 9.84 Å². The van der Waals surface area contributed by atoms with Crippen molar-refractivity contribution in [2.24, 2.45) is 0 Å². The van der Waals surface area contributed by atoms with Crippen molar-refractivity contribution in [3.63, 3.8) is 0 Å². The summed E-state index contributed by atoms with van der Waals surface area (Å²) in [4.78, 5) is 25.7. The molecule has 8 heteroatoms. The van der Waals surface area contributed by atoms with Gasteiger partial charge in [0.1, 0.15) is 5.58 Å². The van der Waals surface area contributed by atoms with Gasteiger partial charge in [0.2, 0.25) is 5.91 Å². The molecule has 1 fully saturated rings. The van der Waals surface area contributed by atoms with Gasteiger partial charge in [-0.25, -0.2) is 13.2 Å². The van der Waals surface area contributed by atoms with Crippen LogP contribution < -0.4 is 10.9 Å². The summed E-state index contributed by atoms with van der Waals surface area (Å²) in [5.74, 6) is -0.0942. The summed E-state index contributed by atoms with van der Waals surface area (Å²) in [5, 5.41) is 3.60. The van der Waals surface area contributed by atoms with Crippen molar-refractivity contribution < 1.29 is 17.6 Å². The van der Waals surface area contributed by atoms with E-state index in [0.717, 1.165) is 16.5 Å².